The number of ether oxygens (including phenoxy) is 2. The second-order valence-electron chi connectivity index (χ2n) is 5.06. The predicted octanol–water partition coefficient (Wildman–Crippen LogP) is 3.39. The molecule has 0 aliphatic rings. The molecule has 0 aromatic heterocycles. The Morgan fingerprint density at radius 1 is 1.30 bits per heavy atom. The molecule has 1 rings (SSSR count). The second kappa shape index (κ2) is 6.07. The lowest BCUT2D eigenvalue weighted by molar-refractivity contribution is -0.138. The number of aliphatic carboxylic acids is 1. The van der Waals surface area contributed by atoms with Crippen molar-refractivity contribution in [3.8, 4) is 11.5 Å². The Hall–Kier alpha value is -1.85. The first-order valence-electron chi connectivity index (χ1n) is 5.99. The summed E-state index contributed by atoms with van der Waals surface area (Å²) in [7, 11) is 2.63. The van der Waals surface area contributed by atoms with E-state index in [4.69, 9.17) is 14.6 Å². The summed E-state index contributed by atoms with van der Waals surface area (Å²) in [6, 6.07) is 2.81. The average Bonchev–Trinajstić information content (AvgIpc) is 2.35. The first-order chi connectivity index (χ1) is 9.22. The number of halogens is 2. The van der Waals surface area contributed by atoms with Gasteiger partial charge < -0.3 is 14.6 Å². The molecule has 0 atom stereocenters. The van der Waals surface area contributed by atoms with E-state index in [0.717, 1.165) is 0 Å². The highest BCUT2D eigenvalue weighted by Crippen LogP contribution is 2.41. The SMILES string of the molecule is COc1cc(C(C)(C)CC(=O)O)cc(C(F)F)c1OC. The van der Waals surface area contributed by atoms with Crippen LogP contribution < -0.4 is 9.47 Å². The number of benzene rings is 1. The minimum Gasteiger partial charge on any atom is -0.493 e. The van der Waals surface area contributed by atoms with Crippen molar-refractivity contribution in [2.24, 2.45) is 0 Å². The third kappa shape index (κ3) is 3.37. The van der Waals surface area contributed by atoms with Gasteiger partial charge in [0, 0.05) is 5.41 Å². The summed E-state index contributed by atoms with van der Waals surface area (Å²) in [5.74, 6) is -0.862. The van der Waals surface area contributed by atoms with Crippen molar-refractivity contribution in [1.29, 1.82) is 0 Å². The van der Waals surface area contributed by atoms with E-state index in [0.29, 0.717) is 5.56 Å². The van der Waals surface area contributed by atoms with Crippen LogP contribution in [-0.2, 0) is 10.2 Å². The van der Waals surface area contributed by atoms with E-state index in [2.05, 4.69) is 0 Å². The van der Waals surface area contributed by atoms with E-state index in [-0.39, 0.29) is 23.5 Å². The molecule has 1 N–H and O–H groups in total. The lowest BCUT2D eigenvalue weighted by Gasteiger charge is -2.25. The highest BCUT2D eigenvalue weighted by molar-refractivity contribution is 5.69. The van der Waals surface area contributed by atoms with Gasteiger partial charge in [-0.2, -0.15) is 0 Å². The van der Waals surface area contributed by atoms with Crippen molar-refractivity contribution in [1.82, 2.24) is 0 Å². The highest BCUT2D eigenvalue weighted by Gasteiger charge is 2.28. The molecule has 0 unspecified atom stereocenters. The van der Waals surface area contributed by atoms with Gasteiger partial charge in [0.05, 0.1) is 26.2 Å². The number of rotatable bonds is 6. The van der Waals surface area contributed by atoms with Crippen LogP contribution in [0.25, 0.3) is 0 Å². The van der Waals surface area contributed by atoms with Gasteiger partial charge in [-0.1, -0.05) is 13.8 Å². The monoisotopic (exact) mass is 288 g/mol. The molecule has 1 aromatic carbocycles. The van der Waals surface area contributed by atoms with Gasteiger partial charge in [0.1, 0.15) is 0 Å². The lowest BCUT2D eigenvalue weighted by Crippen LogP contribution is -2.22. The summed E-state index contributed by atoms with van der Waals surface area (Å²) in [5, 5.41) is 8.91. The zero-order valence-electron chi connectivity index (χ0n) is 11.9. The molecule has 0 aliphatic heterocycles. The maximum Gasteiger partial charge on any atom is 0.304 e. The summed E-state index contributed by atoms with van der Waals surface area (Å²) < 4.78 is 36.2. The molecule has 0 spiro atoms. The van der Waals surface area contributed by atoms with E-state index < -0.39 is 17.8 Å². The number of carboxylic acids is 1. The van der Waals surface area contributed by atoms with Crippen LogP contribution in [0.5, 0.6) is 11.5 Å². The van der Waals surface area contributed by atoms with Crippen LogP contribution in [0.15, 0.2) is 12.1 Å². The Bertz CT molecular complexity index is 498. The molecule has 1 aromatic rings. The molecule has 0 fully saturated rings. The van der Waals surface area contributed by atoms with Crippen molar-refractivity contribution in [2.45, 2.75) is 32.1 Å². The smallest absolute Gasteiger partial charge is 0.304 e. The highest BCUT2D eigenvalue weighted by atomic mass is 19.3. The maximum atomic E-state index is 13.1. The van der Waals surface area contributed by atoms with E-state index >= 15 is 0 Å². The fraction of sp³-hybridized carbons (Fsp3) is 0.500. The molecule has 6 heteroatoms. The van der Waals surface area contributed by atoms with Crippen molar-refractivity contribution in [2.75, 3.05) is 14.2 Å². The van der Waals surface area contributed by atoms with Crippen LogP contribution >= 0.6 is 0 Å². The van der Waals surface area contributed by atoms with Crippen LogP contribution in [0.4, 0.5) is 8.78 Å². The summed E-state index contributed by atoms with van der Waals surface area (Å²) in [6.45, 7) is 3.36. The molecule has 4 nitrogen and oxygen atoms in total. The number of hydrogen-bond acceptors (Lipinski definition) is 3. The molecule has 0 heterocycles. The molecule has 0 saturated heterocycles. The number of alkyl halides is 2. The van der Waals surface area contributed by atoms with Gasteiger partial charge >= 0.3 is 5.97 Å². The number of carbonyl (C=O) groups is 1. The van der Waals surface area contributed by atoms with Gasteiger partial charge in [-0.15, -0.1) is 0 Å². The van der Waals surface area contributed by atoms with Crippen molar-refractivity contribution in [3.05, 3.63) is 23.3 Å². The zero-order chi connectivity index (χ0) is 15.5. The van der Waals surface area contributed by atoms with Gasteiger partial charge in [0.2, 0.25) is 0 Å². The van der Waals surface area contributed by atoms with E-state index in [1.54, 1.807) is 13.8 Å². The van der Waals surface area contributed by atoms with Crippen LogP contribution in [0, 0.1) is 0 Å². The van der Waals surface area contributed by atoms with Crippen molar-refractivity contribution >= 4 is 5.97 Å². The number of carboxylic acid groups (broad SMARTS) is 1. The van der Waals surface area contributed by atoms with Crippen molar-refractivity contribution < 1.29 is 28.2 Å². The Morgan fingerprint density at radius 2 is 1.90 bits per heavy atom. The Labute approximate surface area is 116 Å². The molecule has 0 radical (unpaired) electrons. The number of hydrogen-bond donors (Lipinski definition) is 1. The molecule has 0 aliphatic carbocycles. The quantitative estimate of drug-likeness (QED) is 0.871. The number of methoxy groups -OCH3 is 2. The fourth-order valence-electron chi connectivity index (χ4n) is 2.03. The zero-order valence-corrected chi connectivity index (χ0v) is 11.9. The van der Waals surface area contributed by atoms with Gasteiger partial charge in [0.15, 0.2) is 11.5 Å². The summed E-state index contributed by atoms with van der Waals surface area (Å²) in [6.07, 6.45) is -2.91. The minimum absolute atomic E-state index is 0.0302. The molecule has 20 heavy (non-hydrogen) atoms. The fourth-order valence-corrected chi connectivity index (χ4v) is 2.03. The molecular formula is C14H18F2O4. The molecule has 0 saturated carbocycles. The largest absolute Gasteiger partial charge is 0.493 e. The normalized spacial score (nSPS) is 11.6. The van der Waals surface area contributed by atoms with Gasteiger partial charge in [-0.05, 0) is 17.7 Å². The summed E-state index contributed by atoms with van der Waals surface area (Å²) >= 11 is 0. The molecule has 0 bridgehead atoms. The van der Waals surface area contributed by atoms with Crippen LogP contribution in [0.2, 0.25) is 0 Å². The first kappa shape index (κ1) is 16.2. The van der Waals surface area contributed by atoms with Gasteiger partial charge in [-0.3, -0.25) is 4.79 Å². The van der Waals surface area contributed by atoms with E-state index in [1.807, 2.05) is 0 Å². The second-order valence-corrected chi connectivity index (χ2v) is 5.06. The molecular weight excluding hydrogens is 270 g/mol. The lowest BCUT2D eigenvalue weighted by atomic mass is 9.80. The predicted molar refractivity (Wildman–Crippen MR) is 69.8 cm³/mol. The molecule has 112 valence electrons. The average molecular weight is 288 g/mol. The molecule has 0 amide bonds. The summed E-state index contributed by atoms with van der Waals surface area (Å²) in [4.78, 5) is 10.9. The van der Waals surface area contributed by atoms with Gasteiger partial charge in [0.25, 0.3) is 6.43 Å². The van der Waals surface area contributed by atoms with E-state index in [1.165, 1.54) is 26.4 Å². The summed E-state index contributed by atoms with van der Waals surface area (Å²) in [5.41, 5.74) is -0.636. The van der Waals surface area contributed by atoms with E-state index in [9.17, 15) is 13.6 Å². The third-order valence-electron chi connectivity index (χ3n) is 3.12. The van der Waals surface area contributed by atoms with Crippen molar-refractivity contribution in [3.63, 3.8) is 0 Å². The first-order valence-corrected chi connectivity index (χ1v) is 5.99. The van der Waals surface area contributed by atoms with Gasteiger partial charge in [-0.25, -0.2) is 8.78 Å². The Kier molecular flexibility index (Phi) is 4.92. The minimum atomic E-state index is -2.74. The Balaban J connectivity index is 3.42. The van der Waals surface area contributed by atoms with Crippen LogP contribution in [-0.4, -0.2) is 25.3 Å². The maximum absolute atomic E-state index is 13.1. The van der Waals surface area contributed by atoms with Crippen LogP contribution in [0.3, 0.4) is 0 Å². The topological polar surface area (TPSA) is 55.8 Å². The Morgan fingerprint density at radius 3 is 2.30 bits per heavy atom. The third-order valence-corrected chi connectivity index (χ3v) is 3.12. The van der Waals surface area contributed by atoms with Crippen LogP contribution in [0.1, 0.15) is 37.8 Å². The standard InChI is InChI=1S/C14H18F2O4/c1-14(2,7-11(17)18)8-5-9(13(15)16)12(20-4)10(6-8)19-3/h5-6,13H,7H2,1-4H3,(H,17,18).